The lowest BCUT2D eigenvalue weighted by Gasteiger charge is -2.32. The second kappa shape index (κ2) is 9.47. The van der Waals surface area contributed by atoms with Gasteiger partial charge in [0, 0.05) is 12.2 Å². The molecule has 152 valence electrons. The van der Waals surface area contributed by atoms with Gasteiger partial charge >= 0.3 is 6.09 Å². The third-order valence-corrected chi connectivity index (χ3v) is 5.38. The molecule has 0 bridgehead atoms. The van der Waals surface area contributed by atoms with Crippen molar-refractivity contribution in [1.29, 1.82) is 0 Å². The van der Waals surface area contributed by atoms with E-state index in [9.17, 15) is 4.79 Å². The van der Waals surface area contributed by atoms with Crippen molar-refractivity contribution < 1.29 is 9.53 Å². The Bertz CT molecular complexity index is 780. The van der Waals surface area contributed by atoms with Crippen molar-refractivity contribution in [3.63, 3.8) is 0 Å². The molecule has 0 radical (unpaired) electrons. The van der Waals surface area contributed by atoms with Gasteiger partial charge in [-0.05, 0) is 24.0 Å². The number of alkyl carbamates (subject to hydrolysis) is 1. The summed E-state index contributed by atoms with van der Waals surface area (Å²) in [5.41, 5.74) is 10.4. The SMILES string of the molecule is O=C(NC1CCCCC1)OCC1=CN(C(c2ccccc2)c2ccccc2)N[N-]1. The quantitative estimate of drug-likeness (QED) is 0.743. The van der Waals surface area contributed by atoms with Crippen LogP contribution in [0.5, 0.6) is 0 Å². The first kappa shape index (κ1) is 19.3. The smallest absolute Gasteiger partial charge is 0.407 e. The molecule has 1 aliphatic heterocycles. The number of ether oxygens (including phenoxy) is 1. The summed E-state index contributed by atoms with van der Waals surface area (Å²) in [6.45, 7) is 0.137. The fraction of sp³-hybridized carbons (Fsp3) is 0.348. The van der Waals surface area contributed by atoms with Crippen molar-refractivity contribution in [1.82, 2.24) is 15.9 Å². The molecule has 1 amide bonds. The van der Waals surface area contributed by atoms with Gasteiger partial charge in [-0.1, -0.05) is 85.6 Å². The van der Waals surface area contributed by atoms with Gasteiger partial charge in [-0.3, -0.25) is 0 Å². The van der Waals surface area contributed by atoms with Gasteiger partial charge in [0.05, 0.1) is 6.04 Å². The van der Waals surface area contributed by atoms with Gasteiger partial charge in [0.2, 0.25) is 0 Å². The number of carbonyl (C=O) groups excluding carboxylic acids is 1. The van der Waals surface area contributed by atoms with Crippen molar-refractivity contribution in [2.75, 3.05) is 6.61 Å². The molecule has 1 fully saturated rings. The largest absolute Gasteiger partial charge is 0.603 e. The average molecular weight is 391 g/mol. The molecule has 6 nitrogen and oxygen atoms in total. The molecule has 2 aromatic carbocycles. The number of carbonyl (C=O) groups is 1. The van der Waals surface area contributed by atoms with Crippen LogP contribution >= 0.6 is 0 Å². The zero-order valence-electron chi connectivity index (χ0n) is 16.5. The Kier molecular flexibility index (Phi) is 6.32. The monoisotopic (exact) mass is 391 g/mol. The lowest BCUT2D eigenvalue weighted by Crippen LogP contribution is -2.36. The molecule has 2 N–H and O–H groups in total. The Morgan fingerprint density at radius 3 is 2.28 bits per heavy atom. The normalized spacial score (nSPS) is 17.0. The molecule has 6 heteroatoms. The molecule has 0 spiro atoms. The number of hydrazine groups is 1. The molecule has 0 atom stereocenters. The van der Waals surface area contributed by atoms with Gasteiger partial charge in [0.1, 0.15) is 6.61 Å². The molecule has 0 saturated heterocycles. The number of rotatable bonds is 6. The van der Waals surface area contributed by atoms with Gasteiger partial charge < -0.3 is 26.0 Å². The minimum atomic E-state index is -0.367. The van der Waals surface area contributed by atoms with Crippen LogP contribution in [0.15, 0.2) is 72.6 Å². The van der Waals surface area contributed by atoms with Crippen LogP contribution in [0.2, 0.25) is 0 Å². The Morgan fingerprint density at radius 2 is 1.66 bits per heavy atom. The van der Waals surface area contributed by atoms with Gasteiger partial charge in [-0.2, -0.15) is 0 Å². The van der Waals surface area contributed by atoms with Crippen molar-refractivity contribution in [3.05, 3.63) is 89.1 Å². The van der Waals surface area contributed by atoms with E-state index in [2.05, 4.69) is 40.5 Å². The molecule has 29 heavy (non-hydrogen) atoms. The molecule has 1 heterocycles. The van der Waals surface area contributed by atoms with E-state index in [1.807, 2.05) is 47.6 Å². The summed E-state index contributed by atoms with van der Waals surface area (Å²) in [7, 11) is 0. The van der Waals surface area contributed by atoms with Crippen LogP contribution < -0.4 is 10.9 Å². The predicted octanol–water partition coefficient (Wildman–Crippen LogP) is 4.79. The minimum absolute atomic E-state index is 0.0327. The van der Waals surface area contributed by atoms with Crippen LogP contribution in [-0.4, -0.2) is 23.8 Å². The van der Waals surface area contributed by atoms with Crippen molar-refractivity contribution in [2.24, 2.45) is 0 Å². The van der Waals surface area contributed by atoms with Crippen LogP contribution in [0.4, 0.5) is 4.79 Å². The third kappa shape index (κ3) is 5.09. The molecular weight excluding hydrogens is 364 g/mol. The first-order valence-corrected chi connectivity index (χ1v) is 10.3. The number of nitrogens with one attached hydrogen (secondary N) is 2. The number of hydrogen-bond donors (Lipinski definition) is 2. The van der Waals surface area contributed by atoms with E-state index in [1.54, 1.807) is 0 Å². The van der Waals surface area contributed by atoms with E-state index in [-0.39, 0.29) is 24.8 Å². The summed E-state index contributed by atoms with van der Waals surface area (Å²) < 4.78 is 5.39. The van der Waals surface area contributed by atoms with Gasteiger partial charge in [0.15, 0.2) is 0 Å². The molecule has 1 saturated carbocycles. The second-order valence-corrected chi connectivity index (χ2v) is 7.52. The zero-order valence-corrected chi connectivity index (χ0v) is 16.5. The summed E-state index contributed by atoms with van der Waals surface area (Å²) >= 11 is 0. The van der Waals surface area contributed by atoms with E-state index in [1.165, 1.54) is 19.3 Å². The first-order valence-electron chi connectivity index (χ1n) is 10.3. The maximum Gasteiger partial charge on any atom is 0.407 e. The predicted molar refractivity (Wildman–Crippen MR) is 113 cm³/mol. The Labute approximate surface area is 171 Å². The van der Waals surface area contributed by atoms with Crippen LogP contribution in [0.1, 0.15) is 49.3 Å². The zero-order chi connectivity index (χ0) is 19.9. The first-order chi connectivity index (χ1) is 14.3. The van der Waals surface area contributed by atoms with E-state index < -0.39 is 0 Å². The molecule has 0 aromatic heterocycles. The lowest BCUT2D eigenvalue weighted by atomic mass is 9.96. The van der Waals surface area contributed by atoms with E-state index >= 15 is 0 Å². The number of amides is 1. The fourth-order valence-corrected chi connectivity index (χ4v) is 3.92. The van der Waals surface area contributed by atoms with Gasteiger partial charge in [-0.15, -0.1) is 0 Å². The molecule has 1 aliphatic carbocycles. The average Bonchev–Trinajstić information content (AvgIpc) is 3.23. The highest BCUT2D eigenvalue weighted by molar-refractivity contribution is 5.67. The van der Waals surface area contributed by atoms with Crippen LogP contribution in [0, 0.1) is 0 Å². The maximum atomic E-state index is 12.1. The highest BCUT2D eigenvalue weighted by atomic mass is 16.5. The summed E-state index contributed by atoms with van der Waals surface area (Å²) in [5.74, 6) is 0. The Morgan fingerprint density at radius 1 is 1.03 bits per heavy atom. The van der Waals surface area contributed by atoms with Crippen molar-refractivity contribution in [2.45, 2.75) is 44.2 Å². The number of benzene rings is 2. The number of hydrogen-bond acceptors (Lipinski definition) is 4. The molecule has 2 aromatic rings. The molecular formula is C23H27N4O2-. The summed E-state index contributed by atoms with van der Waals surface area (Å²) in [6.07, 6.45) is 7.20. The van der Waals surface area contributed by atoms with E-state index in [0.717, 1.165) is 24.0 Å². The van der Waals surface area contributed by atoms with Crippen molar-refractivity contribution >= 4 is 6.09 Å². The number of nitrogens with zero attached hydrogens (tertiary/aromatic N) is 2. The highest BCUT2D eigenvalue weighted by Crippen LogP contribution is 2.31. The summed E-state index contributed by atoms with van der Waals surface area (Å²) in [6, 6.07) is 20.7. The van der Waals surface area contributed by atoms with Crippen molar-refractivity contribution in [3.8, 4) is 0 Å². The molecule has 2 aliphatic rings. The highest BCUT2D eigenvalue weighted by Gasteiger charge is 2.21. The van der Waals surface area contributed by atoms with Crippen LogP contribution in [-0.2, 0) is 4.74 Å². The standard InChI is InChI=1S/C23H27N4O2/c28-23(24-20-14-8-3-9-15-20)29-17-21-16-27(26-25-21)22(18-10-4-1-5-11-18)19-12-6-2-7-13-19/h1-2,4-7,10-13,16,20,22,26H,3,8-9,14-15,17H2,(H,24,28)/q-1. The summed E-state index contributed by atoms with van der Waals surface area (Å²) in [5, 5.41) is 4.91. The molecule has 0 unspecified atom stereocenters. The lowest BCUT2D eigenvalue weighted by molar-refractivity contribution is 0.149. The fourth-order valence-electron chi connectivity index (χ4n) is 3.92. The van der Waals surface area contributed by atoms with Crippen LogP contribution in [0.3, 0.4) is 0 Å². The van der Waals surface area contributed by atoms with E-state index in [0.29, 0.717) is 5.70 Å². The maximum absolute atomic E-state index is 12.1. The third-order valence-electron chi connectivity index (χ3n) is 5.38. The second-order valence-electron chi connectivity index (χ2n) is 7.52. The van der Waals surface area contributed by atoms with E-state index in [4.69, 9.17) is 4.74 Å². The molecule has 4 rings (SSSR count). The summed E-state index contributed by atoms with van der Waals surface area (Å²) in [4.78, 5) is 12.1. The van der Waals surface area contributed by atoms with Gasteiger partial charge in [0.25, 0.3) is 0 Å². The van der Waals surface area contributed by atoms with Gasteiger partial charge in [-0.25, -0.2) is 4.79 Å². The Balaban J connectivity index is 1.39. The minimum Gasteiger partial charge on any atom is -0.603 e. The Hall–Kier alpha value is -2.99. The topological polar surface area (TPSA) is 67.7 Å². The van der Waals surface area contributed by atoms with Crippen LogP contribution in [0.25, 0.3) is 5.43 Å².